The molecule has 0 heterocycles. The van der Waals surface area contributed by atoms with Crippen LogP contribution >= 0.6 is 0 Å². The van der Waals surface area contributed by atoms with Gasteiger partial charge in [-0.1, -0.05) is 12.1 Å². The first kappa shape index (κ1) is 18.7. The zero-order chi connectivity index (χ0) is 17.7. The molecule has 0 unspecified atom stereocenters. The third-order valence-corrected chi connectivity index (χ3v) is 2.65. The van der Waals surface area contributed by atoms with Crippen LogP contribution in [0.25, 0.3) is 0 Å². The number of hydrogen-bond donors (Lipinski definition) is 3. The Morgan fingerprint density at radius 3 is 2.30 bits per heavy atom. The number of ether oxygens (including phenoxy) is 1. The van der Waals surface area contributed by atoms with E-state index < -0.39 is 42.4 Å². The first-order chi connectivity index (χ1) is 10.5. The first-order valence-electron chi connectivity index (χ1n) is 6.27. The van der Waals surface area contributed by atoms with Crippen LogP contribution in [0.4, 0.5) is 17.6 Å². The van der Waals surface area contributed by atoms with E-state index in [-0.39, 0.29) is 5.75 Å². The highest BCUT2D eigenvalue weighted by Crippen LogP contribution is 2.32. The summed E-state index contributed by atoms with van der Waals surface area (Å²) in [4.78, 5) is 22.6. The van der Waals surface area contributed by atoms with Gasteiger partial charge in [-0.2, -0.15) is 13.2 Å². The second kappa shape index (κ2) is 7.27. The van der Waals surface area contributed by atoms with Crippen molar-refractivity contribution in [1.82, 2.24) is 10.9 Å². The fraction of sp³-hybridized carbons (Fsp3) is 0.385. The van der Waals surface area contributed by atoms with Crippen molar-refractivity contribution in [2.75, 3.05) is 6.61 Å². The van der Waals surface area contributed by atoms with Crippen molar-refractivity contribution in [3.63, 3.8) is 0 Å². The largest absolute Gasteiger partial charge is 0.481 e. The first-order valence-corrected chi connectivity index (χ1v) is 6.27. The zero-order valence-electron chi connectivity index (χ0n) is 11.9. The minimum absolute atomic E-state index is 0.200. The molecule has 0 saturated heterocycles. The van der Waals surface area contributed by atoms with Crippen LogP contribution in [0.2, 0.25) is 0 Å². The molecule has 1 atom stereocenters. The molecule has 2 amide bonds. The minimum Gasteiger partial charge on any atom is -0.481 e. The number of benzene rings is 1. The highest BCUT2D eigenvalue weighted by atomic mass is 19.4. The Balaban J connectivity index is 2.39. The lowest BCUT2D eigenvalue weighted by Gasteiger charge is -2.25. The molecule has 1 aromatic carbocycles. The lowest BCUT2D eigenvalue weighted by molar-refractivity contribution is -0.253. The van der Waals surface area contributed by atoms with Gasteiger partial charge in [-0.15, -0.1) is 0 Å². The fourth-order valence-corrected chi connectivity index (χ4v) is 1.34. The van der Waals surface area contributed by atoms with E-state index in [2.05, 4.69) is 0 Å². The van der Waals surface area contributed by atoms with Gasteiger partial charge in [-0.25, -0.2) is 4.39 Å². The maximum atomic E-state index is 13.2. The number of nitrogens with one attached hydrogen (secondary N) is 2. The molecule has 3 N–H and O–H groups in total. The number of halogens is 4. The van der Waals surface area contributed by atoms with E-state index in [0.29, 0.717) is 6.92 Å². The molecule has 0 fully saturated rings. The standard InChI is InChI=1S/C13H14F4N2O4/c1-12(22,13(15,16)17)6-10(20)18-19-11(21)7-23-9-5-3-2-4-8(9)14/h2-5,22H,6-7H2,1H3,(H,18,20)(H,19,21)/t12-/m1/s1. The van der Waals surface area contributed by atoms with Crippen LogP contribution in [0.5, 0.6) is 5.75 Å². The summed E-state index contributed by atoms with van der Waals surface area (Å²) in [7, 11) is 0. The molecule has 0 aliphatic rings. The van der Waals surface area contributed by atoms with Crippen molar-refractivity contribution in [3.05, 3.63) is 30.1 Å². The van der Waals surface area contributed by atoms with Crippen LogP contribution in [0.15, 0.2) is 24.3 Å². The number of carbonyl (C=O) groups is 2. The van der Waals surface area contributed by atoms with Crippen LogP contribution in [0.1, 0.15) is 13.3 Å². The van der Waals surface area contributed by atoms with E-state index in [9.17, 15) is 27.2 Å². The SMILES string of the molecule is C[C@@](O)(CC(=O)NNC(=O)COc1ccccc1F)C(F)(F)F. The molecule has 0 radical (unpaired) electrons. The summed E-state index contributed by atoms with van der Waals surface area (Å²) in [5.41, 5.74) is 0.240. The Labute approximate surface area is 128 Å². The van der Waals surface area contributed by atoms with Crippen molar-refractivity contribution < 1.29 is 37.0 Å². The molecule has 0 bridgehead atoms. The maximum Gasteiger partial charge on any atom is 0.417 e. The summed E-state index contributed by atoms with van der Waals surface area (Å²) in [5, 5.41) is 9.10. The normalized spacial score (nSPS) is 13.8. The van der Waals surface area contributed by atoms with Crippen LogP contribution in [-0.2, 0) is 9.59 Å². The molecule has 1 aromatic rings. The van der Waals surface area contributed by atoms with Crippen molar-refractivity contribution in [2.24, 2.45) is 0 Å². The zero-order valence-corrected chi connectivity index (χ0v) is 11.9. The maximum absolute atomic E-state index is 13.2. The molecule has 0 spiro atoms. The lowest BCUT2D eigenvalue weighted by Crippen LogP contribution is -2.50. The van der Waals surface area contributed by atoms with E-state index >= 15 is 0 Å². The molecule has 0 aliphatic carbocycles. The van der Waals surface area contributed by atoms with Gasteiger partial charge >= 0.3 is 6.18 Å². The van der Waals surface area contributed by atoms with Gasteiger partial charge in [0.05, 0.1) is 6.42 Å². The van der Waals surface area contributed by atoms with Crippen molar-refractivity contribution in [3.8, 4) is 5.75 Å². The predicted molar refractivity (Wildman–Crippen MR) is 69.5 cm³/mol. The van der Waals surface area contributed by atoms with Gasteiger partial charge in [0.15, 0.2) is 23.8 Å². The van der Waals surface area contributed by atoms with Gasteiger partial charge in [0, 0.05) is 0 Å². The van der Waals surface area contributed by atoms with Gasteiger partial charge in [0.2, 0.25) is 5.91 Å². The van der Waals surface area contributed by atoms with E-state index in [1.54, 1.807) is 10.9 Å². The molecule has 6 nitrogen and oxygen atoms in total. The van der Waals surface area contributed by atoms with E-state index in [0.717, 1.165) is 6.07 Å². The molecular weight excluding hydrogens is 324 g/mol. The number of para-hydroxylation sites is 1. The Kier molecular flexibility index (Phi) is 5.91. The van der Waals surface area contributed by atoms with E-state index in [1.165, 1.54) is 18.2 Å². The average molecular weight is 338 g/mol. The summed E-state index contributed by atoms with van der Waals surface area (Å²) in [6, 6.07) is 5.25. The second-order valence-corrected chi connectivity index (χ2v) is 4.76. The summed E-state index contributed by atoms with van der Waals surface area (Å²) < 4.78 is 55.1. The quantitative estimate of drug-likeness (QED) is 0.553. The fourth-order valence-electron chi connectivity index (χ4n) is 1.34. The van der Waals surface area contributed by atoms with Crippen LogP contribution < -0.4 is 15.6 Å². The monoisotopic (exact) mass is 338 g/mol. The van der Waals surface area contributed by atoms with E-state index in [1.807, 2.05) is 0 Å². The summed E-state index contributed by atoms with van der Waals surface area (Å²) in [6.07, 6.45) is -6.30. The van der Waals surface area contributed by atoms with Gasteiger partial charge in [0.25, 0.3) is 5.91 Å². The van der Waals surface area contributed by atoms with Gasteiger partial charge in [-0.05, 0) is 19.1 Å². The lowest BCUT2D eigenvalue weighted by atomic mass is 10.0. The second-order valence-electron chi connectivity index (χ2n) is 4.76. The number of rotatable bonds is 5. The van der Waals surface area contributed by atoms with Crippen LogP contribution in [-0.4, -0.2) is 35.3 Å². The average Bonchev–Trinajstić information content (AvgIpc) is 2.42. The van der Waals surface area contributed by atoms with Gasteiger partial charge in [0.1, 0.15) is 0 Å². The highest BCUT2D eigenvalue weighted by molar-refractivity contribution is 5.83. The van der Waals surface area contributed by atoms with Crippen molar-refractivity contribution in [2.45, 2.75) is 25.1 Å². The van der Waals surface area contributed by atoms with Gasteiger partial charge < -0.3 is 9.84 Å². The molecular formula is C13H14F4N2O4. The summed E-state index contributed by atoms with van der Waals surface area (Å²) >= 11 is 0. The molecule has 23 heavy (non-hydrogen) atoms. The molecule has 1 rings (SSSR count). The Hall–Kier alpha value is -2.36. The number of amides is 2. The Morgan fingerprint density at radius 1 is 1.17 bits per heavy atom. The summed E-state index contributed by atoms with van der Waals surface area (Å²) in [6.45, 7) is -0.243. The van der Waals surface area contributed by atoms with Crippen molar-refractivity contribution in [1.29, 1.82) is 0 Å². The van der Waals surface area contributed by atoms with Crippen molar-refractivity contribution >= 4 is 11.8 Å². The topological polar surface area (TPSA) is 87.7 Å². The number of aliphatic hydroxyl groups is 1. The molecule has 0 aromatic heterocycles. The van der Waals surface area contributed by atoms with Gasteiger partial charge in [-0.3, -0.25) is 20.4 Å². The Bertz CT molecular complexity index is 575. The van der Waals surface area contributed by atoms with E-state index in [4.69, 9.17) is 9.84 Å². The molecule has 0 aliphatic heterocycles. The molecule has 0 saturated carbocycles. The summed E-state index contributed by atoms with van der Waals surface area (Å²) in [5.74, 6) is -3.08. The number of carbonyl (C=O) groups excluding carboxylic acids is 2. The Morgan fingerprint density at radius 2 is 1.74 bits per heavy atom. The smallest absolute Gasteiger partial charge is 0.417 e. The van der Waals surface area contributed by atoms with Crippen LogP contribution in [0.3, 0.4) is 0 Å². The molecule has 10 heteroatoms. The minimum atomic E-state index is -5.00. The highest BCUT2D eigenvalue weighted by Gasteiger charge is 2.51. The number of hydrazine groups is 1. The molecule has 128 valence electrons. The third-order valence-electron chi connectivity index (χ3n) is 2.65. The predicted octanol–water partition coefficient (Wildman–Crippen LogP) is 1.06. The van der Waals surface area contributed by atoms with Crippen LogP contribution in [0, 0.1) is 5.82 Å². The third kappa shape index (κ3) is 5.74. The number of hydrogen-bond acceptors (Lipinski definition) is 4. The number of alkyl halides is 3.